The Bertz CT molecular complexity index is 1080. The molecule has 2 nitrogen and oxygen atoms in total. The lowest BCUT2D eigenvalue weighted by atomic mass is 10.0. The van der Waals surface area contributed by atoms with Crippen molar-refractivity contribution in [3.63, 3.8) is 0 Å². The molecule has 0 bridgehead atoms. The van der Waals surface area contributed by atoms with Crippen LogP contribution in [0.15, 0.2) is 109 Å². The number of carbonyl (C=O) groups excluding carboxylic acids is 2. The number of hydrogen-bond acceptors (Lipinski definition) is 2. The Balaban J connectivity index is 0.000000172. The van der Waals surface area contributed by atoms with Gasteiger partial charge in [-0.25, -0.2) is 0 Å². The highest BCUT2D eigenvalue weighted by Gasteiger charge is 2.12. The molecule has 0 spiro atoms. The highest BCUT2D eigenvalue weighted by Crippen LogP contribution is 2.23. The molecule has 0 aliphatic rings. The summed E-state index contributed by atoms with van der Waals surface area (Å²) in [6.45, 7) is 0. The minimum Gasteiger partial charge on any atom is -0.289 e. The van der Waals surface area contributed by atoms with Gasteiger partial charge < -0.3 is 0 Å². The fourth-order valence-corrected chi connectivity index (χ4v) is 3.26. The van der Waals surface area contributed by atoms with Gasteiger partial charge in [0.1, 0.15) is 0 Å². The quantitative estimate of drug-likeness (QED) is 0.321. The second-order valence-corrected chi connectivity index (χ2v) is 7.22. The van der Waals surface area contributed by atoms with Crippen molar-refractivity contribution in [2.45, 2.75) is 0 Å². The molecular weight excluding hydrogens is 415 g/mol. The van der Waals surface area contributed by atoms with Crippen LogP contribution in [-0.2, 0) is 0 Å². The average Bonchev–Trinajstić information content (AvgIpc) is 2.80. The van der Waals surface area contributed by atoms with Crippen molar-refractivity contribution < 1.29 is 9.59 Å². The molecule has 4 heteroatoms. The summed E-state index contributed by atoms with van der Waals surface area (Å²) >= 11 is 11.7. The van der Waals surface area contributed by atoms with E-state index in [0.717, 1.165) is 11.1 Å². The van der Waals surface area contributed by atoms with Crippen molar-refractivity contribution in [3.8, 4) is 0 Å². The topological polar surface area (TPSA) is 34.1 Å². The molecule has 0 N–H and O–H groups in total. The molecule has 4 rings (SSSR count). The Morgan fingerprint density at radius 1 is 0.500 bits per heavy atom. The molecular formula is C26H18Cl2O2. The van der Waals surface area contributed by atoms with Gasteiger partial charge in [0, 0.05) is 27.3 Å². The summed E-state index contributed by atoms with van der Waals surface area (Å²) in [5, 5.41) is 0.899. The largest absolute Gasteiger partial charge is 0.289 e. The lowest BCUT2D eigenvalue weighted by molar-refractivity contribution is 0.103. The van der Waals surface area contributed by atoms with Gasteiger partial charge in [-0.15, -0.1) is 0 Å². The van der Waals surface area contributed by atoms with Gasteiger partial charge in [0.25, 0.3) is 0 Å². The van der Waals surface area contributed by atoms with Crippen molar-refractivity contribution >= 4 is 34.8 Å². The minimum atomic E-state index is -0.0951. The van der Waals surface area contributed by atoms with Crippen molar-refractivity contribution in [3.05, 3.63) is 141 Å². The van der Waals surface area contributed by atoms with E-state index in [4.69, 9.17) is 23.2 Å². The first-order valence-electron chi connectivity index (χ1n) is 9.26. The number of ketones is 2. The molecule has 4 aromatic rings. The zero-order valence-corrected chi connectivity index (χ0v) is 17.5. The first-order chi connectivity index (χ1) is 14.6. The van der Waals surface area contributed by atoms with Crippen LogP contribution in [0.4, 0.5) is 0 Å². The summed E-state index contributed by atoms with van der Waals surface area (Å²) in [6, 6.07) is 32.5. The summed E-state index contributed by atoms with van der Waals surface area (Å²) in [4.78, 5) is 23.9. The van der Waals surface area contributed by atoms with Crippen LogP contribution in [0.5, 0.6) is 0 Å². The Morgan fingerprint density at radius 3 is 1.30 bits per heavy atom. The van der Waals surface area contributed by atoms with Gasteiger partial charge in [-0.1, -0.05) is 114 Å². The van der Waals surface area contributed by atoms with E-state index in [9.17, 15) is 9.59 Å². The van der Waals surface area contributed by atoms with E-state index in [1.54, 1.807) is 30.3 Å². The van der Waals surface area contributed by atoms with E-state index in [1.165, 1.54) is 0 Å². The maximum absolute atomic E-state index is 12.1. The molecule has 0 fully saturated rings. The molecule has 0 aromatic heterocycles. The van der Waals surface area contributed by atoms with Crippen molar-refractivity contribution in [1.29, 1.82) is 0 Å². The van der Waals surface area contributed by atoms with Crippen LogP contribution >= 0.6 is 23.2 Å². The maximum atomic E-state index is 12.1. The van der Waals surface area contributed by atoms with Gasteiger partial charge in [0.15, 0.2) is 11.6 Å². The van der Waals surface area contributed by atoms with Crippen LogP contribution in [-0.4, -0.2) is 11.6 Å². The second kappa shape index (κ2) is 10.5. The minimum absolute atomic E-state index is 0.0752. The van der Waals surface area contributed by atoms with E-state index >= 15 is 0 Å². The van der Waals surface area contributed by atoms with Gasteiger partial charge in [-0.3, -0.25) is 9.59 Å². The SMILES string of the molecule is O=C(c1ccccc1)c1ccc(Cl)cc1Cl.O=C(c1ccccc1)c1ccccc1. The van der Waals surface area contributed by atoms with Crippen molar-refractivity contribution in [1.82, 2.24) is 0 Å². The summed E-state index contributed by atoms with van der Waals surface area (Å²) in [7, 11) is 0. The molecule has 0 saturated heterocycles. The van der Waals surface area contributed by atoms with E-state index in [0.29, 0.717) is 21.2 Å². The Labute approximate surface area is 185 Å². The van der Waals surface area contributed by atoms with Gasteiger partial charge >= 0.3 is 0 Å². The summed E-state index contributed by atoms with van der Waals surface area (Å²) in [6.07, 6.45) is 0. The van der Waals surface area contributed by atoms with E-state index in [2.05, 4.69) is 0 Å². The molecule has 148 valence electrons. The highest BCUT2D eigenvalue weighted by atomic mass is 35.5. The first-order valence-corrected chi connectivity index (χ1v) is 10.0. The molecule has 0 heterocycles. The molecule has 0 aliphatic heterocycles. The third kappa shape index (κ3) is 5.66. The number of rotatable bonds is 4. The van der Waals surface area contributed by atoms with Crippen LogP contribution in [0.25, 0.3) is 0 Å². The third-order valence-electron chi connectivity index (χ3n) is 4.28. The maximum Gasteiger partial charge on any atom is 0.194 e. The van der Waals surface area contributed by atoms with Crippen LogP contribution in [0.2, 0.25) is 10.0 Å². The molecule has 4 aromatic carbocycles. The predicted molar refractivity (Wildman–Crippen MR) is 123 cm³/mol. The summed E-state index contributed by atoms with van der Waals surface area (Å²) < 4.78 is 0. The van der Waals surface area contributed by atoms with E-state index < -0.39 is 0 Å². The van der Waals surface area contributed by atoms with Crippen molar-refractivity contribution in [2.75, 3.05) is 0 Å². The first kappa shape index (κ1) is 21.5. The predicted octanol–water partition coefficient (Wildman–Crippen LogP) is 7.14. The number of carbonyl (C=O) groups is 2. The molecule has 0 atom stereocenters. The summed E-state index contributed by atoms with van der Waals surface area (Å²) in [5.41, 5.74) is 2.56. The fourth-order valence-electron chi connectivity index (χ4n) is 2.76. The number of hydrogen-bond donors (Lipinski definition) is 0. The Morgan fingerprint density at radius 2 is 0.900 bits per heavy atom. The fraction of sp³-hybridized carbons (Fsp3) is 0. The number of benzene rings is 4. The summed E-state index contributed by atoms with van der Waals surface area (Å²) in [5.74, 6) is -0.0199. The van der Waals surface area contributed by atoms with Gasteiger partial charge in [0.05, 0.1) is 5.02 Å². The van der Waals surface area contributed by atoms with E-state index in [1.807, 2.05) is 78.9 Å². The Kier molecular flexibility index (Phi) is 7.56. The second-order valence-electron chi connectivity index (χ2n) is 6.38. The Hall–Kier alpha value is -3.20. The third-order valence-corrected chi connectivity index (χ3v) is 4.83. The average molecular weight is 433 g/mol. The van der Waals surface area contributed by atoms with Gasteiger partial charge in [-0.2, -0.15) is 0 Å². The lowest BCUT2D eigenvalue weighted by Gasteiger charge is -2.03. The molecule has 0 aliphatic carbocycles. The standard InChI is InChI=1S/C13H8Cl2O.C13H10O/c14-10-6-7-11(12(15)8-10)13(16)9-4-2-1-3-5-9;14-13(11-7-3-1-4-8-11)12-9-5-2-6-10-12/h1-8H;1-10H. The normalized spacial score (nSPS) is 9.93. The number of halogens is 2. The van der Waals surface area contributed by atoms with Crippen LogP contribution in [0.1, 0.15) is 31.8 Å². The van der Waals surface area contributed by atoms with Crippen LogP contribution in [0, 0.1) is 0 Å². The monoisotopic (exact) mass is 432 g/mol. The van der Waals surface area contributed by atoms with E-state index in [-0.39, 0.29) is 11.6 Å². The van der Waals surface area contributed by atoms with Crippen molar-refractivity contribution in [2.24, 2.45) is 0 Å². The van der Waals surface area contributed by atoms with Crippen LogP contribution in [0.3, 0.4) is 0 Å². The molecule has 0 unspecified atom stereocenters. The van der Waals surface area contributed by atoms with Gasteiger partial charge in [-0.05, 0) is 18.2 Å². The van der Waals surface area contributed by atoms with Crippen LogP contribution < -0.4 is 0 Å². The smallest absolute Gasteiger partial charge is 0.194 e. The molecule has 0 radical (unpaired) electrons. The zero-order chi connectivity index (χ0) is 21.3. The zero-order valence-electron chi connectivity index (χ0n) is 16.0. The molecule has 30 heavy (non-hydrogen) atoms. The molecule has 0 saturated carbocycles. The van der Waals surface area contributed by atoms with Gasteiger partial charge in [0.2, 0.25) is 0 Å². The molecule has 0 amide bonds. The highest BCUT2D eigenvalue weighted by molar-refractivity contribution is 6.37. The lowest BCUT2D eigenvalue weighted by Crippen LogP contribution is -2.01.